The van der Waals surface area contributed by atoms with E-state index in [1.165, 1.54) is 6.07 Å². The van der Waals surface area contributed by atoms with Crippen molar-refractivity contribution in [3.8, 4) is 39.4 Å². The Morgan fingerprint density at radius 2 is 1.82 bits per heavy atom. The molecule has 6 aromatic rings. The zero-order valence-corrected chi connectivity index (χ0v) is 20.1. The molecule has 1 amide bonds. The van der Waals surface area contributed by atoms with E-state index in [9.17, 15) is 14.3 Å². The van der Waals surface area contributed by atoms with Crippen molar-refractivity contribution in [2.75, 3.05) is 5.32 Å². The van der Waals surface area contributed by atoms with E-state index in [4.69, 9.17) is 0 Å². The molecular weight excluding hydrogens is 481 g/mol. The number of aromatic amines is 2. The number of hydrogen-bond acceptors (Lipinski definition) is 4. The number of anilines is 1. The number of nitrogens with one attached hydrogen (secondary N) is 3. The predicted octanol–water partition coefficient (Wildman–Crippen LogP) is 6.63. The Morgan fingerprint density at radius 1 is 0.921 bits per heavy atom. The van der Waals surface area contributed by atoms with Gasteiger partial charge < -0.3 is 15.4 Å². The Kier molecular flexibility index (Phi) is 5.00. The highest BCUT2D eigenvalue weighted by atomic mass is 19.1. The lowest BCUT2D eigenvalue weighted by molar-refractivity contribution is -0.117. The first-order valence-electron chi connectivity index (χ1n) is 12.4. The summed E-state index contributed by atoms with van der Waals surface area (Å²) in [6, 6.07) is 19.7. The quantitative estimate of drug-likeness (QED) is 0.212. The predicted molar refractivity (Wildman–Crippen MR) is 145 cm³/mol. The molecule has 38 heavy (non-hydrogen) atoms. The lowest BCUT2D eigenvalue weighted by Crippen LogP contribution is -2.13. The number of carbonyl (C=O) groups is 1. The van der Waals surface area contributed by atoms with E-state index in [1.807, 2.05) is 42.5 Å². The second-order valence-corrected chi connectivity index (χ2v) is 9.71. The monoisotopic (exact) mass is 503 g/mol. The number of rotatable bonds is 5. The van der Waals surface area contributed by atoms with Gasteiger partial charge >= 0.3 is 0 Å². The summed E-state index contributed by atoms with van der Waals surface area (Å²) in [6.45, 7) is 0. The molecule has 0 unspecified atom stereocenters. The van der Waals surface area contributed by atoms with Gasteiger partial charge in [0.15, 0.2) is 0 Å². The molecule has 3 aromatic heterocycles. The summed E-state index contributed by atoms with van der Waals surface area (Å²) in [7, 11) is 0. The Balaban J connectivity index is 1.29. The van der Waals surface area contributed by atoms with Crippen molar-refractivity contribution in [2.24, 2.45) is 5.92 Å². The van der Waals surface area contributed by atoms with Crippen molar-refractivity contribution in [1.82, 2.24) is 20.2 Å². The third-order valence-corrected chi connectivity index (χ3v) is 6.96. The number of phenols is 1. The van der Waals surface area contributed by atoms with Crippen molar-refractivity contribution in [2.45, 2.75) is 12.8 Å². The van der Waals surface area contributed by atoms with Gasteiger partial charge in [-0.05, 0) is 72.0 Å². The highest BCUT2D eigenvalue weighted by Gasteiger charge is 2.29. The van der Waals surface area contributed by atoms with Crippen LogP contribution in [0.15, 0.2) is 79.1 Å². The molecule has 0 radical (unpaired) electrons. The van der Waals surface area contributed by atoms with Crippen molar-refractivity contribution < 1.29 is 14.3 Å². The average molecular weight is 504 g/mol. The van der Waals surface area contributed by atoms with E-state index in [1.54, 1.807) is 18.5 Å². The molecule has 186 valence electrons. The molecule has 7 nitrogen and oxygen atoms in total. The fourth-order valence-corrected chi connectivity index (χ4v) is 4.92. The minimum Gasteiger partial charge on any atom is -0.508 e. The van der Waals surface area contributed by atoms with E-state index in [0.717, 1.165) is 68.8 Å². The van der Waals surface area contributed by atoms with Gasteiger partial charge in [-0.15, -0.1) is 0 Å². The number of nitrogens with zero attached hydrogens (tertiary/aromatic N) is 2. The van der Waals surface area contributed by atoms with E-state index in [-0.39, 0.29) is 17.6 Å². The summed E-state index contributed by atoms with van der Waals surface area (Å²) in [4.78, 5) is 20.0. The van der Waals surface area contributed by atoms with Crippen molar-refractivity contribution in [1.29, 1.82) is 0 Å². The first-order valence-corrected chi connectivity index (χ1v) is 12.4. The van der Waals surface area contributed by atoms with Crippen molar-refractivity contribution in [3.63, 3.8) is 0 Å². The Hall–Kier alpha value is -4.98. The number of aromatic nitrogens is 4. The smallest absolute Gasteiger partial charge is 0.227 e. The molecule has 0 atom stereocenters. The summed E-state index contributed by atoms with van der Waals surface area (Å²) in [5.74, 6) is -0.455. The van der Waals surface area contributed by atoms with Crippen LogP contribution < -0.4 is 5.32 Å². The van der Waals surface area contributed by atoms with Crippen LogP contribution in [0, 0.1) is 11.7 Å². The molecule has 0 bridgehead atoms. The summed E-state index contributed by atoms with van der Waals surface area (Å²) in [6.07, 6.45) is 5.32. The van der Waals surface area contributed by atoms with E-state index in [2.05, 4.69) is 31.5 Å². The molecule has 3 aromatic carbocycles. The number of benzene rings is 3. The second kappa shape index (κ2) is 8.55. The summed E-state index contributed by atoms with van der Waals surface area (Å²) < 4.78 is 14.0. The molecule has 0 saturated heterocycles. The molecule has 1 saturated carbocycles. The Labute approximate surface area is 216 Å². The van der Waals surface area contributed by atoms with Crippen LogP contribution in [0.1, 0.15) is 12.8 Å². The summed E-state index contributed by atoms with van der Waals surface area (Å²) in [5, 5.41) is 22.4. The number of fused-ring (bicyclic) bond motifs is 2. The Morgan fingerprint density at radius 3 is 2.66 bits per heavy atom. The maximum absolute atomic E-state index is 14.0. The van der Waals surface area contributed by atoms with Crippen LogP contribution in [0.5, 0.6) is 5.75 Å². The van der Waals surface area contributed by atoms with Gasteiger partial charge in [-0.2, -0.15) is 5.10 Å². The zero-order chi connectivity index (χ0) is 25.8. The average Bonchev–Trinajstić information content (AvgIpc) is 3.54. The van der Waals surface area contributed by atoms with E-state index >= 15 is 0 Å². The van der Waals surface area contributed by atoms with Crippen LogP contribution in [0.3, 0.4) is 0 Å². The number of carbonyl (C=O) groups excluding carboxylic acids is 1. The van der Waals surface area contributed by atoms with Gasteiger partial charge in [0.05, 0.1) is 23.1 Å². The van der Waals surface area contributed by atoms with Crippen LogP contribution in [-0.4, -0.2) is 31.2 Å². The number of H-pyrrole nitrogens is 2. The lowest BCUT2D eigenvalue weighted by Gasteiger charge is -2.07. The van der Waals surface area contributed by atoms with Crippen LogP contribution in [0.25, 0.3) is 55.4 Å². The van der Waals surface area contributed by atoms with Crippen LogP contribution in [-0.2, 0) is 4.79 Å². The molecule has 1 aliphatic rings. The number of phenolic OH excluding ortho intramolecular Hbond substituents is 1. The molecule has 7 rings (SSSR count). The van der Waals surface area contributed by atoms with E-state index < -0.39 is 5.82 Å². The van der Waals surface area contributed by atoms with Crippen LogP contribution >= 0.6 is 0 Å². The number of amides is 1. The van der Waals surface area contributed by atoms with Gasteiger partial charge in [0.2, 0.25) is 5.91 Å². The summed E-state index contributed by atoms with van der Waals surface area (Å²) in [5.41, 5.74) is 7.21. The zero-order valence-electron chi connectivity index (χ0n) is 20.1. The first-order chi connectivity index (χ1) is 18.5. The molecule has 3 heterocycles. The van der Waals surface area contributed by atoms with E-state index in [0.29, 0.717) is 11.3 Å². The Bertz CT molecular complexity index is 1850. The molecule has 1 aliphatic carbocycles. The lowest BCUT2D eigenvalue weighted by atomic mass is 10.0. The first kappa shape index (κ1) is 22.2. The minimum atomic E-state index is -0.496. The molecule has 8 heteroatoms. The van der Waals surface area contributed by atoms with Crippen molar-refractivity contribution in [3.05, 3.63) is 84.9 Å². The maximum atomic E-state index is 14.0. The van der Waals surface area contributed by atoms with Crippen molar-refractivity contribution >= 4 is 33.4 Å². The third kappa shape index (κ3) is 3.96. The number of pyridine rings is 1. The standard InChI is InChI=1S/C30H22FN5O2/c31-20-8-18(10-22(37)12-20)23-2-1-3-26-24(23)13-28(34-26)29-25-11-17(6-7-27(25)35-36-29)19-9-21(15-32-14-19)33-30(38)16-4-5-16/h1-3,6-16,34,37H,4-5H2,(H,33,38)(H,35,36). The topological polar surface area (TPSA) is 107 Å². The molecule has 4 N–H and O–H groups in total. The van der Waals surface area contributed by atoms with Gasteiger partial charge in [0.1, 0.15) is 17.3 Å². The molecule has 1 fully saturated rings. The SMILES string of the molecule is O=C(Nc1cncc(-c2ccc3[nH]nc(-c4cc5c(-c6cc(O)cc(F)c6)cccc5[nH]4)c3c2)c1)C1CC1. The normalized spacial score (nSPS) is 13.3. The van der Waals surface area contributed by atoms with Crippen LogP contribution in [0.2, 0.25) is 0 Å². The molecular formula is C30H22FN5O2. The number of hydrogen-bond donors (Lipinski definition) is 4. The molecule has 0 aliphatic heterocycles. The van der Waals surface area contributed by atoms with Gasteiger partial charge in [0, 0.05) is 40.0 Å². The number of halogens is 1. The minimum absolute atomic E-state index is 0.0446. The van der Waals surface area contributed by atoms with Crippen LogP contribution in [0.4, 0.5) is 10.1 Å². The summed E-state index contributed by atoms with van der Waals surface area (Å²) >= 11 is 0. The number of aromatic hydroxyl groups is 1. The van der Waals surface area contributed by atoms with Gasteiger partial charge in [-0.3, -0.25) is 14.9 Å². The maximum Gasteiger partial charge on any atom is 0.227 e. The van der Waals surface area contributed by atoms with Gasteiger partial charge in [0.25, 0.3) is 0 Å². The highest BCUT2D eigenvalue weighted by molar-refractivity contribution is 6.02. The second-order valence-electron chi connectivity index (χ2n) is 9.71. The third-order valence-electron chi connectivity index (χ3n) is 6.96. The van der Waals surface area contributed by atoms with Gasteiger partial charge in [-0.25, -0.2) is 4.39 Å². The fraction of sp³-hybridized carbons (Fsp3) is 0.100. The van der Waals surface area contributed by atoms with Gasteiger partial charge in [-0.1, -0.05) is 18.2 Å². The highest BCUT2D eigenvalue weighted by Crippen LogP contribution is 2.36. The molecule has 0 spiro atoms. The largest absolute Gasteiger partial charge is 0.508 e. The fourth-order valence-electron chi connectivity index (χ4n) is 4.92.